The number of aliphatic hydroxyl groups excluding tert-OH is 2. The van der Waals surface area contributed by atoms with Gasteiger partial charge in [0, 0.05) is 19.1 Å². The van der Waals surface area contributed by atoms with Gasteiger partial charge in [-0.15, -0.1) is 0 Å². The molecule has 1 rings (SSSR count). The lowest BCUT2D eigenvalue weighted by atomic mass is 10.0. The highest BCUT2D eigenvalue weighted by atomic mass is 16.7. The van der Waals surface area contributed by atoms with E-state index in [-0.39, 0.29) is 12.5 Å². The summed E-state index contributed by atoms with van der Waals surface area (Å²) < 4.78 is 10.9. The van der Waals surface area contributed by atoms with E-state index in [2.05, 4.69) is 0 Å². The van der Waals surface area contributed by atoms with Gasteiger partial charge in [0.2, 0.25) is 0 Å². The van der Waals surface area contributed by atoms with Gasteiger partial charge in [-0.25, -0.2) is 4.79 Å². The molecule has 0 saturated carbocycles. The predicted molar refractivity (Wildman–Crippen MR) is 76.8 cm³/mol. The number of carboxylic acid groups (broad SMARTS) is 1. The molecule has 1 saturated heterocycles. The maximum absolute atomic E-state index is 10.2. The summed E-state index contributed by atoms with van der Waals surface area (Å²) in [7, 11) is 0. The molecule has 0 aromatic rings. The van der Waals surface area contributed by atoms with Gasteiger partial charge in [-0.05, 0) is 26.2 Å². The summed E-state index contributed by atoms with van der Waals surface area (Å²) in [5.74, 6) is -0.909. The van der Waals surface area contributed by atoms with E-state index < -0.39 is 24.5 Å². The molecule has 0 spiro atoms. The third-order valence-electron chi connectivity index (χ3n) is 3.50. The Bertz CT molecular complexity index is 330. The fraction of sp³-hybridized carbons (Fsp3) is 0.800. The van der Waals surface area contributed by atoms with Crippen LogP contribution in [-0.2, 0) is 14.3 Å². The van der Waals surface area contributed by atoms with E-state index in [0.29, 0.717) is 6.61 Å². The Balaban J connectivity index is 2.00. The Hall–Kier alpha value is -0.950. The van der Waals surface area contributed by atoms with Crippen LogP contribution in [0.15, 0.2) is 12.2 Å². The summed E-state index contributed by atoms with van der Waals surface area (Å²) >= 11 is 0. The third-order valence-corrected chi connectivity index (χ3v) is 3.50. The maximum Gasteiger partial charge on any atom is 0.327 e. The van der Waals surface area contributed by atoms with Crippen molar-refractivity contribution in [3.8, 4) is 0 Å². The molecule has 21 heavy (non-hydrogen) atoms. The summed E-state index contributed by atoms with van der Waals surface area (Å²) in [6.07, 6.45) is 5.31. The van der Waals surface area contributed by atoms with Crippen molar-refractivity contribution in [2.24, 2.45) is 0 Å². The van der Waals surface area contributed by atoms with E-state index in [1.807, 2.05) is 0 Å². The number of hydrogen-bond acceptors (Lipinski definition) is 5. The molecule has 6 heteroatoms. The van der Waals surface area contributed by atoms with Crippen molar-refractivity contribution < 1.29 is 29.6 Å². The maximum atomic E-state index is 10.2. The molecule has 3 N–H and O–H groups in total. The number of aliphatic carboxylic acids is 1. The van der Waals surface area contributed by atoms with Crippen LogP contribution in [0.1, 0.15) is 45.4 Å². The van der Waals surface area contributed by atoms with Gasteiger partial charge in [0.25, 0.3) is 0 Å². The summed E-state index contributed by atoms with van der Waals surface area (Å²) in [6, 6.07) is 0. The Morgan fingerprint density at radius 1 is 1.24 bits per heavy atom. The standard InChI is InChI=1S/C15H26O6/c1-11-12(16)10-13(17)15(21-11)20-9-7-5-3-2-4-6-8-14(18)19/h6,8,11-13,15-17H,2-5,7,9-10H2,1H3,(H,18,19). The highest BCUT2D eigenvalue weighted by Gasteiger charge is 2.34. The molecule has 0 aromatic carbocycles. The van der Waals surface area contributed by atoms with Crippen molar-refractivity contribution in [1.82, 2.24) is 0 Å². The second-order valence-electron chi connectivity index (χ2n) is 5.39. The van der Waals surface area contributed by atoms with E-state index in [1.54, 1.807) is 13.0 Å². The normalized spacial score (nSPS) is 29.9. The molecule has 0 bridgehead atoms. The smallest absolute Gasteiger partial charge is 0.327 e. The van der Waals surface area contributed by atoms with Gasteiger partial charge in [-0.3, -0.25) is 0 Å². The highest BCUT2D eigenvalue weighted by Crippen LogP contribution is 2.21. The Morgan fingerprint density at radius 2 is 1.95 bits per heavy atom. The number of hydrogen-bond donors (Lipinski definition) is 3. The van der Waals surface area contributed by atoms with Crippen molar-refractivity contribution >= 4 is 5.97 Å². The number of unbranched alkanes of at least 4 members (excludes halogenated alkanes) is 4. The molecular formula is C15H26O6. The van der Waals surface area contributed by atoms with Gasteiger partial charge >= 0.3 is 5.97 Å². The zero-order valence-electron chi connectivity index (χ0n) is 12.5. The van der Waals surface area contributed by atoms with Crippen molar-refractivity contribution in [3.05, 3.63) is 12.2 Å². The molecular weight excluding hydrogens is 276 g/mol. The average Bonchev–Trinajstić information content (AvgIpc) is 2.42. The van der Waals surface area contributed by atoms with Crippen molar-refractivity contribution in [2.75, 3.05) is 6.61 Å². The van der Waals surface area contributed by atoms with Crippen molar-refractivity contribution in [2.45, 2.75) is 70.1 Å². The van der Waals surface area contributed by atoms with E-state index in [4.69, 9.17) is 14.6 Å². The second-order valence-corrected chi connectivity index (χ2v) is 5.39. The summed E-state index contributed by atoms with van der Waals surface area (Å²) in [5, 5.41) is 27.7. The van der Waals surface area contributed by atoms with Crippen LogP contribution in [0.2, 0.25) is 0 Å². The van der Waals surface area contributed by atoms with E-state index in [1.165, 1.54) is 6.08 Å². The lowest BCUT2D eigenvalue weighted by Crippen LogP contribution is -2.47. The summed E-state index contributed by atoms with van der Waals surface area (Å²) in [4.78, 5) is 10.2. The van der Waals surface area contributed by atoms with E-state index in [9.17, 15) is 15.0 Å². The quantitative estimate of drug-likeness (QED) is 0.441. The SMILES string of the molecule is CC1OC(OCCCCCCC=CC(=O)O)C(O)CC1O. The fourth-order valence-electron chi connectivity index (χ4n) is 2.19. The molecule has 0 radical (unpaired) electrons. The van der Waals surface area contributed by atoms with Crippen LogP contribution >= 0.6 is 0 Å². The molecule has 1 heterocycles. The Morgan fingerprint density at radius 3 is 2.67 bits per heavy atom. The van der Waals surface area contributed by atoms with Crippen molar-refractivity contribution in [1.29, 1.82) is 0 Å². The van der Waals surface area contributed by atoms with E-state index >= 15 is 0 Å². The minimum atomic E-state index is -0.909. The lowest BCUT2D eigenvalue weighted by Gasteiger charge is -2.35. The largest absolute Gasteiger partial charge is 0.478 e. The average molecular weight is 302 g/mol. The number of rotatable bonds is 9. The minimum Gasteiger partial charge on any atom is -0.478 e. The number of aliphatic hydroxyl groups is 2. The molecule has 1 aliphatic heterocycles. The topological polar surface area (TPSA) is 96.2 Å². The van der Waals surface area contributed by atoms with Crippen LogP contribution in [-0.4, -0.2) is 52.5 Å². The third kappa shape index (κ3) is 7.57. The Kier molecular flexibility index (Phi) is 8.52. The monoisotopic (exact) mass is 302 g/mol. The number of ether oxygens (including phenoxy) is 2. The predicted octanol–water partition coefficient (Wildman–Crippen LogP) is 1.45. The van der Waals surface area contributed by atoms with Crippen molar-refractivity contribution in [3.63, 3.8) is 0 Å². The molecule has 4 unspecified atom stereocenters. The summed E-state index contributed by atoms with van der Waals surface area (Å²) in [5.41, 5.74) is 0. The zero-order valence-corrected chi connectivity index (χ0v) is 12.5. The number of carboxylic acids is 1. The number of allylic oxidation sites excluding steroid dienone is 1. The lowest BCUT2D eigenvalue weighted by molar-refractivity contribution is -0.261. The molecule has 0 aliphatic carbocycles. The van der Waals surface area contributed by atoms with Gasteiger partial charge in [-0.2, -0.15) is 0 Å². The fourth-order valence-corrected chi connectivity index (χ4v) is 2.19. The van der Waals surface area contributed by atoms with Gasteiger partial charge < -0.3 is 24.8 Å². The van der Waals surface area contributed by atoms with Crippen LogP contribution in [0.25, 0.3) is 0 Å². The first-order chi connectivity index (χ1) is 10.0. The minimum absolute atomic E-state index is 0.280. The molecule has 1 fully saturated rings. The van der Waals surface area contributed by atoms with Crippen LogP contribution in [0.3, 0.4) is 0 Å². The first kappa shape index (κ1) is 18.1. The molecule has 6 nitrogen and oxygen atoms in total. The molecule has 0 aromatic heterocycles. The number of carbonyl (C=O) groups is 1. The Labute approximate surface area is 125 Å². The second kappa shape index (κ2) is 9.89. The molecule has 1 aliphatic rings. The highest BCUT2D eigenvalue weighted by molar-refractivity contribution is 5.79. The molecule has 122 valence electrons. The summed E-state index contributed by atoms with van der Waals surface area (Å²) in [6.45, 7) is 2.27. The van der Waals surface area contributed by atoms with Crippen LogP contribution in [0.5, 0.6) is 0 Å². The van der Waals surface area contributed by atoms with Gasteiger partial charge in [0.15, 0.2) is 6.29 Å². The van der Waals surface area contributed by atoms with Crippen LogP contribution < -0.4 is 0 Å². The van der Waals surface area contributed by atoms with Gasteiger partial charge in [-0.1, -0.05) is 18.9 Å². The van der Waals surface area contributed by atoms with Crippen LogP contribution in [0, 0.1) is 0 Å². The molecule has 0 amide bonds. The van der Waals surface area contributed by atoms with E-state index in [0.717, 1.165) is 32.1 Å². The van der Waals surface area contributed by atoms with Crippen LogP contribution in [0.4, 0.5) is 0 Å². The molecule has 4 atom stereocenters. The van der Waals surface area contributed by atoms with Gasteiger partial charge in [0.05, 0.1) is 12.2 Å². The zero-order chi connectivity index (χ0) is 15.7. The van der Waals surface area contributed by atoms with Gasteiger partial charge in [0.1, 0.15) is 6.10 Å². The first-order valence-electron chi connectivity index (χ1n) is 7.53. The first-order valence-corrected chi connectivity index (χ1v) is 7.53.